The Kier molecular flexibility index (Phi) is 5.32. The summed E-state index contributed by atoms with van der Waals surface area (Å²) in [6.07, 6.45) is 1.13. The number of ketones is 1. The van der Waals surface area contributed by atoms with Crippen LogP contribution in [0.2, 0.25) is 0 Å². The molecule has 2 aromatic carbocycles. The minimum Gasteiger partial charge on any atom is -0.497 e. The van der Waals surface area contributed by atoms with Crippen molar-refractivity contribution in [1.29, 1.82) is 0 Å². The van der Waals surface area contributed by atoms with Gasteiger partial charge in [0.25, 0.3) is 0 Å². The number of carbonyl (C=O) groups is 1. The summed E-state index contributed by atoms with van der Waals surface area (Å²) >= 11 is 0. The van der Waals surface area contributed by atoms with Crippen molar-refractivity contribution in [3.8, 4) is 17.2 Å². The second-order valence-electron chi connectivity index (χ2n) is 8.37. The summed E-state index contributed by atoms with van der Waals surface area (Å²) in [5.41, 5.74) is 5.23. The van der Waals surface area contributed by atoms with Crippen molar-refractivity contribution in [2.24, 2.45) is 0 Å². The van der Waals surface area contributed by atoms with Gasteiger partial charge in [0.1, 0.15) is 17.2 Å². The molecule has 5 rings (SSSR count). The van der Waals surface area contributed by atoms with Gasteiger partial charge in [0.05, 0.1) is 38.5 Å². The molecule has 0 spiro atoms. The third-order valence-corrected chi connectivity index (χ3v) is 6.60. The number of ether oxygens (including phenoxy) is 3. The number of hydrogen-bond donors (Lipinski definition) is 1. The molecule has 0 unspecified atom stereocenters. The van der Waals surface area contributed by atoms with Crippen LogP contribution in [0.1, 0.15) is 47.1 Å². The number of nitrogens with one attached hydrogen (secondary N) is 1. The van der Waals surface area contributed by atoms with E-state index in [0.717, 1.165) is 39.4 Å². The normalized spacial score (nSPS) is 19.5. The van der Waals surface area contributed by atoms with E-state index in [2.05, 4.69) is 10.5 Å². The van der Waals surface area contributed by atoms with Crippen molar-refractivity contribution in [1.82, 2.24) is 5.16 Å². The van der Waals surface area contributed by atoms with Crippen molar-refractivity contribution in [3.05, 3.63) is 76.1 Å². The zero-order valence-electron chi connectivity index (χ0n) is 19.1. The summed E-state index contributed by atoms with van der Waals surface area (Å²) < 4.78 is 22.0. The van der Waals surface area contributed by atoms with Crippen molar-refractivity contribution in [3.63, 3.8) is 0 Å². The number of carbonyl (C=O) groups excluding carboxylic acids is 1. The highest BCUT2D eigenvalue weighted by Gasteiger charge is 2.42. The first-order valence-electron chi connectivity index (χ1n) is 10.9. The van der Waals surface area contributed by atoms with Gasteiger partial charge in [-0.05, 0) is 43.0 Å². The molecule has 2 heterocycles. The third kappa shape index (κ3) is 3.53. The van der Waals surface area contributed by atoms with E-state index in [-0.39, 0.29) is 17.6 Å². The zero-order valence-corrected chi connectivity index (χ0v) is 19.1. The fourth-order valence-electron chi connectivity index (χ4n) is 4.95. The third-order valence-electron chi connectivity index (χ3n) is 6.60. The van der Waals surface area contributed by atoms with Gasteiger partial charge in [-0.1, -0.05) is 23.4 Å². The summed E-state index contributed by atoms with van der Waals surface area (Å²) in [6, 6.07) is 13.6. The Morgan fingerprint density at radius 2 is 1.70 bits per heavy atom. The highest BCUT2D eigenvalue weighted by atomic mass is 16.5. The molecule has 0 saturated carbocycles. The maximum atomic E-state index is 13.6. The van der Waals surface area contributed by atoms with Crippen LogP contribution >= 0.6 is 0 Å². The quantitative estimate of drug-likeness (QED) is 0.593. The second kappa shape index (κ2) is 8.31. The number of anilines is 1. The summed E-state index contributed by atoms with van der Waals surface area (Å²) in [5, 5.41) is 7.56. The van der Waals surface area contributed by atoms with Crippen molar-refractivity contribution in [2.75, 3.05) is 26.6 Å². The molecule has 1 aliphatic heterocycles. The van der Waals surface area contributed by atoms with Crippen molar-refractivity contribution >= 4 is 11.7 Å². The first-order valence-corrected chi connectivity index (χ1v) is 10.9. The fourth-order valence-corrected chi connectivity index (χ4v) is 4.95. The molecule has 2 atom stereocenters. The summed E-state index contributed by atoms with van der Waals surface area (Å²) in [4.78, 5) is 13.6. The first-order chi connectivity index (χ1) is 16.0. The SMILES string of the molecule is COc1ccc([C@@H]2CC(=O)C3=C(C2)Nc2onc(C)c2[C@@H]3c2ccc(OC)cc2OC)cc1. The largest absolute Gasteiger partial charge is 0.497 e. The lowest BCUT2D eigenvalue weighted by Crippen LogP contribution is -2.29. The summed E-state index contributed by atoms with van der Waals surface area (Å²) in [7, 11) is 4.89. The molecule has 0 saturated heterocycles. The van der Waals surface area contributed by atoms with Gasteiger partial charge in [0.15, 0.2) is 5.78 Å². The van der Waals surface area contributed by atoms with Crippen LogP contribution in [0.15, 0.2) is 58.3 Å². The Morgan fingerprint density at radius 3 is 2.39 bits per heavy atom. The van der Waals surface area contributed by atoms with Gasteiger partial charge in [-0.3, -0.25) is 4.79 Å². The molecule has 2 aliphatic rings. The van der Waals surface area contributed by atoms with E-state index in [0.29, 0.717) is 30.2 Å². The topological polar surface area (TPSA) is 82.8 Å². The molecule has 1 N–H and O–H groups in total. The lowest BCUT2D eigenvalue weighted by Gasteiger charge is -2.35. The van der Waals surface area contributed by atoms with Crippen molar-refractivity contribution in [2.45, 2.75) is 31.6 Å². The number of aryl methyl sites for hydroxylation is 1. The lowest BCUT2D eigenvalue weighted by molar-refractivity contribution is -0.116. The predicted octanol–water partition coefficient (Wildman–Crippen LogP) is 4.97. The van der Waals surface area contributed by atoms with E-state index in [1.165, 1.54) is 0 Å². The molecule has 1 aliphatic carbocycles. The maximum absolute atomic E-state index is 13.6. The number of methoxy groups -OCH3 is 3. The van der Waals surface area contributed by atoms with Gasteiger partial charge in [0, 0.05) is 29.3 Å². The van der Waals surface area contributed by atoms with Gasteiger partial charge in [-0.15, -0.1) is 0 Å². The molecule has 0 radical (unpaired) electrons. The standard InChI is InChI=1S/C26H26N2O5/c1-14-23-24(19-10-9-18(31-3)13-22(19)32-4)25-20(27-26(23)33-28-14)11-16(12-21(25)29)15-5-7-17(30-2)8-6-15/h5-10,13,16,24,27H,11-12H2,1-4H3/t16-,24-/m0/s1. The Hall–Kier alpha value is -3.74. The zero-order chi connectivity index (χ0) is 23.1. The highest BCUT2D eigenvalue weighted by molar-refractivity contribution is 6.01. The number of rotatable bonds is 5. The smallest absolute Gasteiger partial charge is 0.233 e. The fraction of sp³-hybridized carbons (Fsp3) is 0.308. The number of hydrogen-bond acceptors (Lipinski definition) is 7. The van der Waals surface area contributed by atoms with E-state index in [4.69, 9.17) is 18.7 Å². The minimum atomic E-state index is -0.326. The highest BCUT2D eigenvalue weighted by Crippen LogP contribution is 2.51. The molecular weight excluding hydrogens is 420 g/mol. The molecule has 0 fully saturated rings. The molecule has 33 heavy (non-hydrogen) atoms. The summed E-state index contributed by atoms with van der Waals surface area (Å²) in [5.74, 6) is 2.58. The van der Waals surface area contributed by atoms with Crippen LogP contribution in [0.3, 0.4) is 0 Å². The molecule has 3 aromatic rings. The van der Waals surface area contributed by atoms with Crippen LogP contribution in [0.5, 0.6) is 17.2 Å². The van der Waals surface area contributed by atoms with Crippen LogP contribution in [0, 0.1) is 6.92 Å². The predicted molar refractivity (Wildman–Crippen MR) is 123 cm³/mol. The molecule has 7 heteroatoms. The van der Waals surface area contributed by atoms with E-state index in [1.807, 2.05) is 49.4 Å². The van der Waals surface area contributed by atoms with Gasteiger partial charge in [0.2, 0.25) is 5.88 Å². The van der Waals surface area contributed by atoms with Gasteiger partial charge in [-0.2, -0.15) is 0 Å². The van der Waals surface area contributed by atoms with Gasteiger partial charge in [-0.25, -0.2) is 0 Å². The van der Waals surface area contributed by atoms with Crippen LogP contribution in [0.4, 0.5) is 5.88 Å². The number of allylic oxidation sites excluding steroid dienone is 2. The van der Waals surface area contributed by atoms with E-state index in [9.17, 15) is 4.79 Å². The molecule has 0 amide bonds. The van der Waals surface area contributed by atoms with E-state index >= 15 is 0 Å². The Balaban J connectivity index is 1.61. The van der Waals surface area contributed by atoms with E-state index in [1.54, 1.807) is 21.3 Å². The monoisotopic (exact) mass is 446 g/mol. The van der Waals surface area contributed by atoms with Crippen LogP contribution < -0.4 is 19.5 Å². The number of aromatic nitrogens is 1. The Morgan fingerprint density at radius 1 is 0.970 bits per heavy atom. The second-order valence-corrected chi connectivity index (χ2v) is 8.37. The first kappa shape index (κ1) is 21.1. The van der Waals surface area contributed by atoms with E-state index < -0.39 is 0 Å². The molecule has 170 valence electrons. The molecule has 0 bridgehead atoms. The molecular formula is C26H26N2O5. The lowest BCUT2D eigenvalue weighted by atomic mass is 9.72. The Labute approximate surface area is 192 Å². The van der Waals surface area contributed by atoms with Crippen LogP contribution in [-0.2, 0) is 4.79 Å². The number of nitrogens with zero attached hydrogens (tertiary/aromatic N) is 1. The van der Waals surface area contributed by atoms with Gasteiger partial charge >= 0.3 is 0 Å². The minimum absolute atomic E-state index is 0.0682. The average molecular weight is 447 g/mol. The summed E-state index contributed by atoms with van der Waals surface area (Å²) in [6.45, 7) is 1.89. The number of Topliss-reactive ketones (excluding diaryl/α,β-unsaturated/α-hetero) is 1. The maximum Gasteiger partial charge on any atom is 0.233 e. The molecule has 1 aromatic heterocycles. The number of fused-ring (bicyclic) bond motifs is 1. The number of benzene rings is 2. The van der Waals surface area contributed by atoms with Crippen LogP contribution in [0.25, 0.3) is 0 Å². The Bertz CT molecular complexity index is 1240. The molecule has 7 nitrogen and oxygen atoms in total. The van der Waals surface area contributed by atoms with Crippen LogP contribution in [-0.4, -0.2) is 32.3 Å². The van der Waals surface area contributed by atoms with Crippen molar-refractivity contribution < 1.29 is 23.5 Å². The average Bonchev–Trinajstić information content (AvgIpc) is 3.22. The van der Waals surface area contributed by atoms with Gasteiger partial charge < -0.3 is 24.1 Å².